The average Bonchev–Trinajstić information content (AvgIpc) is 3.58. The minimum atomic E-state index is -0.963. The van der Waals surface area contributed by atoms with Crippen LogP contribution < -0.4 is 10.1 Å². The van der Waals surface area contributed by atoms with Crippen LogP contribution in [0.1, 0.15) is 23.7 Å². The summed E-state index contributed by atoms with van der Waals surface area (Å²) in [6.07, 6.45) is -0.647. The number of aromatic amines is 1. The van der Waals surface area contributed by atoms with Gasteiger partial charge in [0.05, 0.1) is 29.4 Å². The van der Waals surface area contributed by atoms with Crippen molar-refractivity contribution in [3.63, 3.8) is 0 Å². The van der Waals surface area contributed by atoms with E-state index < -0.39 is 18.0 Å². The number of halogens is 1. The van der Waals surface area contributed by atoms with Gasteiger partial charge in [-0.25, -0.2) is 14.8 Å². The monoisotopic (exact) mass is 590 g/mol. The molecule has 1 amide bonds. The Morgan fingerprint density at radius 1 is 1.03 bits per heavy atom. The normalized spacial score (nSPS) is 11.8. The lowest BCUT2D eigenvalue weighted by Gasteiger charge is -2.15. The number of amides is 1. The zero-order valence-electron chi connectivity index (χ0n) is 20.5. The minimum Gasteiger partial charge on any atom is -0.497 e. The van der Waals surface area contributed by atoms with Crippen LogP contribution in [0.5, 0.6) is 5.75 Å². The van der Waals surface area contributed by atoms with E-state index in [0.717, 1.165) is 27.0 Å². The van der Waals surface area contributed by atoms with Crippen LogP contribution in [0.15, 0.2) is 76.6 Å². The zero-order chi connectivity index (χ0) is 26.6. The molecule has 5 aromatic rings. The van der Waals surface area contributed by atoms with Crippen LogP contribution in [0.2, 0.25) is 0 Å². The van der Waals surface area contributed by atoms with E-state index in [1.54, 1.807) is 32.2 Å². The number of methoxy groups -OCH3 is 1. The Labute approximate surface area is 231 Å². The summed E-state index contributed by atoms with van der Waals surface area (Å²) in [5, 5.41) is 5.07. The number of ether oxygens (including phenoxy) is 2. The van der Waals surface area contributed by atoms with Gasteiger partial charge in [0.15, 0.2) is 11.2 Å². The van der Waals surface area contributed by atoms with Crippen LogP contribution >= 0.6 is 27.3 Å². The molecule has 0 bridgehead atoms. The summed E-state index contributed by atoms with van der Waals surface area (Å²) in [5.74, 6) is 0.403. The summed E-state index contributed by atoms with van der Waals surface area (Å²) in [7, 11) is 1.61. The van der Waals surface area contributed by atoms with E-state index in [9.17, 15) is 9.59 Å². The number of H-pyrrole nitrogens is 1. The van der Waals surface area contributed by atoms with Crippen molar-refractivity contribution in [2.45, 2.75) is 19.4 Å². The quantitative estimate of drug-likeness (QED) is 0.195. The van der Waals surface area contributed by atoms with Crippen molar-refractivity contribution in [2.24, 2.45) is 0 Å². The van der Waals surface area contributed by atoms with Crippen LogP contribution in [0.4, 0.5) is 5.13 Å². The van der Waals surface area contributed by atoms with E-state index in [2.05, 4.69) is 36.2 Å². The minimum absolute atomic E-state index is 0.316. The number of nitrogens with one attached hydrogen (secondary N) is 2. The third kappa shape index (κ3) is 5.61. The predicted molar refractivity (Wildman–Crippen MR) is 151 cm³/mol. The van der Waals surface area contributed by atoms with Crippen molar-refractivity contribution < 1.29 is 19.1 Å². The highest BCUT2D eigenvalue weighted by molar-refractivity contribution is 9.10. The van der Waals surface area contributed by atoms with Crippen molar-refractivity contribution in [3.05, 3.63) is 82.1 Å². The molecule has 192 valence electrons. The predicted octanol–water partition coefficient (Wildman–Crippen LogP) is 6.70. The summed E-state index contributed by atoms with van der Waals surface area (Å²) < 4.78 is 11.7. The fourth-order valence-electron chi connectivity index (χ4n) is 3.81. The van der Waals surface area contributed by atoms with Gasteiger partial charge in [0.2, 0.25) is 0 Å². The second-order valence-electron chi connectivity index (χ2n) is 8.38. The number of esters is 1. The second kappa shape index (κ2) is 11.2. The number of hydrogen-bond acceptors (Lipinski definition) is 7. The van der Waals surface area contributed by atoms with Crippen LogP contribution in [-0.4, -0.2) is 40.0 Å². The van der Waals surface area contributed by atoms with Crippen LogP contribution in [0, 0.1) is 0 Å². The number of nitrogens with zero attached hydrogens (tertiary/aromatic N) is 2. The second-order valence-corrected chi connectivity index (χ2v) is 10.2. The lowest BCUT2D eigenvalue weighted by molar-refractivity contribution is -0.124. The molecule has 10 heteroatoms. The summed E-state index contributed by atoms with van der Waals surface area (Å²) >= 11 is 4.73. The highest BCUT2D eigenvalue weighted by Gasteiger charge is 2.23. The Balaban J connectivity index is 1.26. The number of anilines is 1. The standard InChI is InChI=1S/C28H23BrN4O4S/c1-3-24(26(34)33-28-32-23(15-38-28)16-4-9-19(29)10-5-16)37-27(35)18-8-13-21-22(14-18)31-25(30-21)17-6-11-20(36-2)12-7-17/h4-15,24H,3H2,1-2H3,(H,30,31)(H,32,33,34). The number of fused-ring (bicyclic) bond motifs is 1. The molecule has 0 fully saturated rings. The average molecular weight is 591 g/mol. The lowest BCUT2D eigenvalue weighted by Crippen LogP contribution is -2.32. The molecule has 38 heavy (non-hydrogen) atoms. The summed E-state index contributed by atoms with van der Waals surface area (Å²) in [6.45, 7) is 1.78. The Morgan fingerprint density at radius 3 is 2.47 bits per heavy atom. The van der Waals surface area contributed by atoms with Gasteiger partial charge in [-0.2, -0.15) is 0 Å². The van der Waals surface area contributed by atoms with Crippen LogP contribution in [-0.2, 0) is 9.53 Å². The van der Waals surface area contributed by atoms with E-state index in [1.165, 1.54) is 11.3 Å². The first kappa shape index (κ1) is 25.6. The van der Waals surface area contributed by atoms with Crippen molar-refractivity contribution >= 4 is 55.3 Å². The fraction of sp³-hybridized carbons (Fsp3) is 0.143. The number of hydrogen-bond donors (Lipinski definition) is 2. The van der Waals surface area contributed by atoms with E-state index in [4.69, 9.17) is 9.47 Å². The number of carbonyl (C=O) groups is 2. The first-order valence-electron chi connectivity index (χ1n) is 11.8. The Hall–Kier alpha value is -4.02. The largest absolute Gasteiger partial charge is 0.497 e. The molecular formula is C28H23BrN4O4S. The molecule has 0 spiro atoms. The third-order valence-electron chi connectivity index (χ3n) is 5.87. The molecule has 0 saturated heterocycles. The number of rotatable bonds is 8. The molecule has 2 N–H and O–H groups in total. The molecule has 0 radical (unpaired) electrons. The summed E-state index contributed by atoms with van der Waals surface area (Å²) in [5.41, 5.74) is 4.30. The topological polar surface area (TPSA) is 106 Å². The van der Waals surface area contributed by atoms with Gasteiger partial charge in [0.1, 0.15) is 11.6 Å². The van der Waals surface area contributed by atoms with Gasteiger partial charge in [-0.1, -0.05) is 35.0 Å². The maximum absolute atomic E-state index is 12.9. The highest BCUT2D eigenvalue weighted by Crippen LogP contribution is 2.27. The molecule has 2 aromatic heterocycles. The molecule has 0 aliphatic heterocycles. The lowest BCUT2D eigenvalue weighted by atomic mass is 10.2. The number of thiazole rings is 1. The smallest absolute Gasteiger partial charge is 0.338 e. The maximum atomic E-state index is 12.9. The van der Waals surface area contributed by atoms with Gasteiger partial charge < -0.3 is 14.5 Å². The van der Waals surface area contributed by atoms with Gasteiger partial charge in [0.25, 0.3) is 5.91 Å². The number of aromatic nitrogens is 3. The molecule has 0 aliphatic rings. The van der Waals surface area contributed by atoms with Gasteiger partial charge in [-0.3, -0.25) is 10.1 Å². The van der Waals surface area contributed by atoms with Gasteiger partial charge in [-0.15, -0.1) is 11.3 Å². The molecule has 0 aliphatic carbocycles. The highest BCUT2D eigenvalue weighted by atomic mass is 79.9. The van der Waals surface area contributed by atoms with Gasteiger partial charge >= 0.3 is 5.97 Å². The van der Waals surface area contributed by atoms with Crippen molar-refractivity contribution in [1.29, 1.82) is 0 Å². The molecular weight excluding hydrogens is 568 g/mol. The molecule has 0 saturated carbocycles. The molecule has 1 atom stereocenters. The van der Waals surface area contributed by atoms with Gasteiger partial charge in [0, 0.05) is 21.0 Å². The maximum Gasteiger partial charge on any atom is 0.338 e. The van der Waals surface area contributed by atoms with E-state index >= 15 is 0 Å². The van der Waals surface area contributed by atoms with Crippen LogP contribution in [0.3, 0.4) is 0 Å². The number of benzene rings is 3. The Kier molecular flexibility index (Phi) is 7.52. The van der Waals surface area contributed by atoms with E-state index in [0.29, 0.717) is 34.0 Å². The van der Waals surface area contributed by atoms with Crippen LogP contribution in [0.25, 0.3) is 33.7 Å². The fourth-order valence-corrected chi connectivity index (χ4v) is 4.80. The summed E-state index contributed by atoms with van der Waals surface area (Å²) in [4.78, 5) is 38.1. The van der Waals surface area contributed by atoms with E-state index in [1.807, 2.05) is 53.9 Å². The number of imidazole rings is 1. The zero-order valence-corrected chi connectivity index (χ0v) is 22.9. The third-order valence-corrected chi connectivity index (χ3v) is 7.15. The molecule has 3 aromatic carbocycles. The Bertz CT molecular complexity index is 1600. The first-order chi connectivity index (χ1) is 18.4. The van der Waals surface area contributed by atoms with Gasteiger partial charge in [-0.05, 0) is 61.0 Å². The van der Waals surface area contributed by atoms with Crippen molar-refractivity contribution in [3.8, 4) is 28.4 Å². The molecule has 8 nitrogen and oxygen atoms in total. The number of carbonyl (C=O) groups excluding carboxylic acids is 2. The SMILES string of the molecule is CCC(OC(=O)c1ccc2nc(-c3ccc(OC)cc3)[nH]c2c1)C(=O)Nc1nc(-c2ccc(Br)cc2)cs1. The molecule has 5 rings (SSSR count). The molecule has 2 heterocycles. The first-order valence-corrected chi connectivity index (χ1v) is 13.5. The van der Waals surface area contributed by atoms with E-state index in [-0.39, 0.29) is 0 Å². The van der Waals surface area contributed by atoms with Crippen molar-refractivity contribution in [2.75, 3.05) is 12.4 Å². The Morgan fingerprint density at radius 2 is 1.76 bits per heavy atom. The van der Waals surface area contributed by atoms with Crippen molar-refractivity contribution in [1.82, 2.24) is 15.0 Å². The summed E-state index contributed by atoms with van der Waals surface area (Å²) in [6, 6.07) is 20.3. The molecule has 1 unspecified atom stereocenters.